The summed E-state index contributed by atoms with van der Waals surface area (Å²) in [5.41, 5.74) is 3.55. The molecule has 1 unspecified atom stereocenters. The lowest BCUT2D eigenvalue weighted by atomic mass is 9.90. The van der Waals surface area contributed by atoms with Gasteiger partial charge in [-0.3, -0.25) is 14.6 Å². The van der Waals surface area contributed by atoms with Gasteiger partial charge in [-0.2, -0.15) is 10.4 Å². The van der Waals surface area contributed by atoms with E-state index in [-0.39, 0.29) is 17.5 Å². The Labute approximate surface area is 210 Å². The van der Waals surface area contributed by atoms with E-state index in [0.29, 0.717) is 48.1 Å². The highest BCUT2D eigenvalue weighted by atomic mass is 16.5. The largest absolute Gasteiger partial charge is 0.377 e. The van der Waals surface area contributed by atoms with Crippen molar-refractivity contribution in [3.63, 3.8) is 0 Å². The first-order valence-corrected chi connectivity index (χ1v) is 11.8. The third-order valence-corrected chi connectivity index (χ3v) is 6.43. The molecule has 36 heavy (non-hydrogen) atoms. The number of aromatic nitrogens is 3. The topological polar surface area (TPSA) is 113 Å². The summed E-state index contributed by atoms with van der Waals surface area (Å²) in [6, 6.07) is 12.9. The molecule has 186 valence electrons. The van der Waals surface area contributed by atoms with Gasteiger partial charge in [0, 0.05) is 42.6 Å². The third kappa shape index (κ3) is 4.99. The molecular formula is C27H30N6O3. The molecule has 1 fully saturated rings. The Kier molecular flexibility index (Phi) is 6.91. The van der Waals surface area contributed by atoms with Crippen LogP contribution >= 0.6 is 0 Å². The normalized spacial score (nSPS) is 15.9. The fraction of sp³-hybridized carbons (Fsp3) is 0.370. The smallest absolute Gasteiger partial charge is 0.290 e. The van der Waals surface area contributed by atoms with Crippen molar-refractivity contribution in [1.82, 2.24) is 14.8 Å². The Bertz CT molecular complexity index is 1410. The number of hydrogen-bond acceptors (Lipinski definition) is 7. The first-order valence-electron chi connectivity index (χ1n) is 11.8. The number of nitriles is 1. The van der Waals surface area contributed by atoms with Crippen LogP contribution in [0.3, 0.4) is 0 Å². The van der Waals surface area contributed by atoms with Gasteiger partial charge in [0.1, 0.15) is 5.69 Å². The number of nitrogens with zero attached hydrogens (tertiary/aromatic N) is 5. The lowest BCUT2D eigenvalue weighted by Gasteiger charge is -2.34. The van der Waals surface area contributed by atoms with Gasteiger partial charge in [0.25, 0.3) is 11.5 Å². The van der Waals surface area contributed by atoms with Crippen LogP contribution in [0.4, 0.5) is 11.4 Å². The van der Waals surface area contributed by atoms with Gasteiger partial charge in [-0.05, 0) is 63.6 Å². The number of ether oxygens (including phenoxy) is 1. The van der Waals surface area contributed by atoms with E-state index in [0.717, 1.165) is 11.1 Å². The first kappa shape index (κ1) is 25.1. The molecule has 3 heterocycles. The molecule has 0 spiro atoms. The van der Waals surface area contributed by atoms with Crippen molar-refractivity contribution in [2.45, 2.75) is 39.2 Å². The Morgan fingerprint density at radius 1 is 1.25 bits per heavy atom. The van der Waals surface area contributed by atoms with Crippen molar-refractivity contribution in [3.8, 4) is 17.3 Å². The fourth-order valence-corrected chi connectivity index (χ4v) is 4.17. The number of morpholine rings is 1. The molecule has 1 aliphatic heterocycles. The van der Waals surface area contributed by atoms with Crippen LogP contribution in [0.2, 0.25) is 0 Å². The van der Waals surface area contributed by atoms with Gasteiger partial charge in [-0.25, -0.2) is 4.68 Å². The summed E-state index contributed by atoms with van der Waals surface area (Å²) in [6.45, 7) is 9.26. The lowest BCUT2D eigenvalue weighted by molar-refractivity contribution is 0.0987. The van der Waals surface area contributed by atoms with E-state index < -0.39 is 5.41 Å². The molecule has 4 rings (SSSR count). The molecule has 1 aliphatic rings. The minimum Gasteiger partial charge on any atom is -0.377 e. The Morgan fingerprint density at radius 3 is 2.75 bits per heavy atom. The van der Waals surface area contributed by atoms with Crippen LogP contribution in [0.1, 0.15) is 42.4 Å². The number of nitrogens with one attached hydrogen (secondary N) is 1. The van der Waals surface area contributed by atoms with Crippen molar-refractivity contribution in [2.24, 2.45) is 7.05 Å². The molecule has 1 amide bonds. The van der Waals surface area contributed by atoms with Gasteiger partial charge in [0.2, 0.25) is 0 Å². The van der Waals surface area contributed by atoms with E-state index in [4.69, 9.17) is 4.74 Å². The van der Waals surface area contributed by atoms with E-state index in [1.807, 2.05) is 38.1 Å². The first-order chi connectivity index (χ1) is 17.1. The number of carbonyl (C=O) groups excluding carboxylic acids is 1. The zero-order valence-electron chi connectivity index (χ0n) is 21.2. The van der Waals surface area contributed by atoms with E-state index in [1.54, 1.807) is 33.0 Å². The van der Waals surface area contributed by atoms with Crippen molar-refractivity contribution in [3.05, 3.63) is 69.8 Å². The second-order valence-electron chi connectivity index (χ2n) is 9.61. The molecule has 0 aliphatic carbocycles. The molecule has 1 atom stereocenters. The lowest BCUT2D eigenvalue weighted by Crippen LogP contribution is -2.46. The van der Waals surface area contributed by atoms with Crippen LogP contribution in [-0.4, -0.2) is 46.5 Å². The van der Waals surface area contributed by atoms with Gasteiger partial charge in [0.15, 0.2) is 0 Å². The summed E-state index contributed by atoms with van der Waals surface area (Å²) < 4.78 is 6.89. The zero-order valence-corrected chi connectivity index (χ0v) is 21.2. The Hall–Kier alpha value is -4.03. The molecule has 0 saturated carbocycles. The number of amides is 1. The number of rotatable bonds is 5. The summed E-state index contributed by atoms with van der Waals surface area (Å²) in [6.07, 6.45) is 1.53. The molecule has 0 bridgehead atoms. The molecule has 1 N–H and O–H groups in total. The molecule has 3 aromatic rings. The number of pyridine rings is 1. The molecule has 9 nitrogen and oxygen atoms in total. The predicted octanol–water partition coefficient (Wildman–Crippen LogP) is 3.43. The van der Waals surface area contributed by atoms with E-state index in [2.05, 4.69) is 26.4 Å². The van der Waals surface area contributed by atoms with Crippen LogP contribution in [0.25, 0.3) is 11.3 Å². The van der Waals surface area contributed by atoms with E-state index >= 15 is 0 Å². The van der Waals surface area contributed by atoms with Crippen LogP contribution in [-0.2, 0) is 17.2 Å². The monoisotopic (exact) mass is 486 g/mol. The highest BCUT2D eigenvalue weighted by Gasteiger charge is 2.24. The molecule has 9 heteroatoms. The Morgan fingerprint density at radius 2 is 2.03 bits per heavy atom. The number of anilines is 2. The fourth-order valence-electron chi connectivity index (χ4n) is 4.17. The summed E-state index contributed by atoms with van der Waals surface area (Å²) in [4.78, 5) is 32.2. The molecule has 1 aromatic carbocycles. The van der Waals surface area contributed by atoms with Crippen molar-refractivity contribution in [2.75, 3.05) is 30.0 Å². The van der Waals surface area contributed by atoms with Crippen molar-refractivity contribution in [1.29, 1.82) is 5.26 Å². The van der Waals surface area contributed by atoms with Crippen LogP contribution < -0.4 is 15.8 Å². The van der Waals surface area contributed by atoms with Gasteiger partial charge < -0.3 is 15.0 Å². The van der Waals surface area contributed by atoms with Gasteiger partial charge in [-0.15, -0.1) is 0 Å². The quantitative estimate of drug-likeness (QED) is 0.588. The molecule has 2 aromatic heterocycles. The summed E-state index contributed by atoms with van der Waals surface area (Å²) in [7, 11) is 1.64. The summed E-state index contributed by atoms with van der Waals surface area (Å²) in [5, 5.41) is 16.8. The average molecular weight is 487 g/mol. The number of carbonyl (C=O) groups is 1. The molecular weight excluding hydrogens is 456 g/mol. The second kappa shape index (κ2) is 9.91. The maximum absolute atomic E-state index is 13.0. The van der Waals surface area contributed by atoms with Gasteiger partial charge >= 0.3 is 0 Å². The van der Waals surface area contributed by atoms with Gasteiger partial charge in [-0.1, -0.05) is 6.07 Å². The predicted molar refractivity (Wildman–Crippen MR) is 138 cm³/mol. The van der Waals surface area contributed by atoms with Crippen LogP contribution in [0, 0.1) is 18.3 Å². The number of aryl methyl sites for hydroxylation is 2. The van der Waals surface area contributed by atoms with Crippen molar-refractivity contribution >= 4 is 17.3 Å². The molecule has 0 radical (unpaired) electrons. The van der Waals surface area contributed by atoms with Crippen LogP contribution in [0.5, 0.6) is 0 Å². The van der Waals surface area contributed by atoms with E-state index in [1.165, 1.54) is 10.9 Å². The minimum atomic E-state index is -0.808. The second-order valence-corrected chi connectivity index (χ2v) is 9.61. The minimum absolute atomic E-state index is 0.0738. The molecule has 1 saturated heterocycles. The highest BCUT2D eigenvalue weighted by molar-refractivity contribution is 6.04. The maximum Gasteiger partial charge on any atom is 0.290 e. The SMILES string of the molecule is Cc1ccc(NC(=O)c2ccnc(C(C)(C)C#N)c2)cc1-c1cc(N2CCOCC2C)c(=O)n(C)n1. The average Bonchev–Trinajstić information content (AvgIpc) is 2.87. The van der Waals surface area contributed by atoms with Crippen molar-refractivity contribution < 1.29 is 9.53 Å². The number of hydrogen-bond donors (Lipinski definition) is 1. The number of benzene rings is 1. The summed E-state index contributed by atoms with van der Waals surface area (Å²) >= 11 is 0. The summed E-state index contributed by atoms with van der Waals surface area (Å²) in [5.74, 6) is -0.307. The van der Waals surface area contributed by atoms with Gasteiger partial charge in [0.05, 0.1) is 36.1 Å². The van der Waals surface area contributed by atoms with E-state index in [9.17, 15) is 14.9 Å². The Balaban J connectivity index is 1.66. The maximum atomic E-state index is 13.0. The van der Waals surface area contributed by atoms with Crippen LogP contribution in [0.15, 0.2) is 47.4 Å². The standard InChI is InChI=1S/C27H30N6O3/c1-17-6-7-20(30-25(34)19-8-9-29-24(12-19)27(3,4)16-28)13-21(17)22-14-23(26(35)32(5)31-22)33-10-11-36-15-18(33)2/h6-9,12-14,18H,10-11,15H2,1-5H3,(H,30,34). The zero-order chi connectivity index (χ0) is 26.0. The third-order valence-electron chi connectivity index (χ3n) is 6.43. The highest BCUT2D eigenvalue weighted by Crippen LogP contribution is 2.28.